The third kappa shape index (κ3) is 4.60. The van der Waals surface area contributed by atoms with Gasteiger partial charge < -0.3 is 9.32 Å². The predicted molar refractivity (Wildman–Crippen MR) is 187 cm³/mol. The van der Waals surface area contributed by atoms with Crippen LogP contribution in [-0.4, -0.2) is 0 Å². The van der Waals surface area contributed by atoms with Crippen LogP contribution >= 0.6 is 0 Å². The Morgan fingerprint density at radius 2 is 1.22 bits per heavy atom. The standard InChI is InChI=1S/C43H41NO/c1-3-9-33(10-4-1)43(25-7-2-8-26-43)34-17-21-36(22-18-34)44(35-19-15-31(16-20-35)39-28-30-13-14-32(39)27-30)37-23-24-42-40(29-37)38-11-5-6-12-41(38)45-42/h1,3-6,9-12,15-24,29-30,32,39H,2,7-8,13-14,25-28H2. The molecule has 3 aliphatic rings. The Balaban J connectivity index is 1.13. The largest absolute Gasteiger partial charge is 0.456 e. The molecule has 45 heavy (non-hydrogen) atoms. The number of rotatable bonds is 6. The zero-order valence-electron chi connectivity index (χ0n) is 26.0. The molecule has 2 bridgehead atoms. The molecule has 2 heteroatoms. The molecular weight excluding hydrogens is 546 g/mol. The predicted octanol–water partition coefficient (Wildman–Crippen LogP) is 12.2. The Morgan fingerprint density at radius 3 is 1.96 bits per heavy atom. The Morgan fingerprint density at radius 1 is 0.556 bits per heavy atom. The van der Waals surface area contributed by atoms with Gasteiger partial charge in [-0.2, -0.15) is 0 Å². The lowest BCUT2D eigenvalue weighted by Crippen LogP contribution is -2.30. The van der Waals surface area contributed by atoms with E-state index >= 15 is 0 Å². The summed E-state index contributed by atoms with van der Waals surface area (Å²) in [6, 6.07) is 45.4. The Bertz CT molecular complexity index is 1950. The molecule has 2 nitrogen and oxygen atoms in total. The van der Waals surface area contributed by atoms with Crippen LogP contribution in [0.25, 0.3) is 21.9 Å². The van der Waals surface area contributed by atoms with Crippen molar-refractivity contribution in [1.29, 1.82) is 0 Å². The van der Waals surface area contributed by atoms with Crippen LogP contribution in [0.1, 0.15) is 80.4 Å². The minimum Gasteiger partial charge on any atom is -0.456 e. The van der Waals surface area contributed by atoms with E-state index in [0.29, 0.717) is 0 Å². The van der Waals surface area contributed by atoms with E-state index in [-0.39, 0.29) is 5.41 Å². The SMILES string of the molecule is c1ccc(C2(c3ccc(N(c4ccc(C5CC6CCC5C6)cc4)c4ccc5oc6ccccc6c5c4)cc3)CCCCC2)cc1. The third-order valence-electron chi connectivity index (χ3n) is 11.6. The van der Waals surface area contributed by atoms with Crippen LogP contribution in [0.2, 0.25) is 0 Å². The Hall–Kier alpha value is -4.30. The maximum Gasteiger partial charge on any atom is 0.135 e. The first-order valence-corrected chi connectivity index (χ1v) is 17.2. The van der Waals surface area contributed by atoms with Gasteiger partial charge in [0.2, 0.25) is 0 Å². The quantitative estimate of drug-likeness (QED) is 0.193. The van der Waals surface area contributed by atoms with E-state index in [4.69, 9.17) is 4.42 Å². The number of furan rings is 1. The lowest BCUT2D eigenvalue weighted by atomic mass is 9.65. The number of hydrogen-bond donors (Lipinski definition) is 0. The van der Waals surface area contributed by atoms with Crippen molar-refractivity contribution >= 4 is 39.0 Å². The summed E-state index contributed by atoms with van der Waals surface area (Å²) in [4.78, 5) is 2.44. The highest BCUT2D eigenvalue weighted by Crippen LogP contribution is 2.53. The van der Waals surface area contributed by atoms with Crippen molar-refractivity contribution in [1.82, 2.24) is 0 Å². The smallest absolute Gasteiger partial charge is 0.135 e. The topological polar surface area (TPSA) is 16.4 Å². The molecule has 3 saturated carbocycles. The third-order valence-corrected chi connectivity index (χ3v) is 11.6. The first kappa shape index (κ1) is 27.0. The van der Waals surface area contributed by atoms with Crippen molar-refractivity contribution < 1.29 is 4.42 Å². The van der Waals surface area contributed by atoms with E-state index in [1.165, 1.54) is 91.2 Å². The molecule has 1 aromatic heterocycles. The van der Waals surface area contributed by atoms with Gasteiger partial charge in [0.05, 0.1) is 0 Å². The molecule has 0 radical (unpaired) electrons. The fraction of sp³-hybridized carbons (Fsp3) is 0.302. The normalized spacial score (nSPS) is 22.3. The number of fused-ring (bicyclic) bond motifs is 5. The van der Waals surface area contributed by atoms with Gasteiger partial charge in [0.15, 0.2) is 0 Å². The molecule has 0 saturated heterocycles. The molecule has 3 fully saturated rings. The van der Waals surface area contributed by atoms with Gasteiger partial charge in [-0.15, -0.1) is 0 Å². The van der Waals surface area contributed by atoms with E-state index in [1.807, 2.05) is 6.07 Å². The number of para-hydroxylation sites is 1. The van der Waals surface area contributed by atoms with Gasteiger partial charge in [0.25, 0.3) is 0 Å². The van der Waals surface area contributed by atoms with Gasteiger partial charge in [-0.1, -0.05) is 98.5 Å². The maximum atomic E-state index is 6.21. The molecule has 1 heterocycles. The number of anilines is 3. The van der Waals surface area contributed by atoms with Crippen LogP contribution in [0.15, 0.2) is 126 Å². The van der Waals surface area contributed by atoms with Crippen molar-refractivity contribution in [3.8, 4) is 0 Å². The summed E-state index contributed by atoms with van der Waals surface area (Å²) in [5.74, 6) is 2.58. The molecule has 0 spiro atoms. The summed E-state index contributed by atoms with van der Waals surface area (Å²) in [5, 5.41) is 2.33. The summed E-state index contributed by atoms with van der Waals surface area (Å²) in [5.41, 5.74) is 9.96. The van der Waals surface area contributed by atoms with E-state index in [1.54, 1.807) is 0 Å². The van der Waals surface area contributed by atoms with Crippen LogP contribution in [0.3, 0.4) is 0 Å². The van der Waals surface area contributed by atoms with E-state index in [2.05, 4.69) is 120 Å². The van der Waals surface area contributed by atoms with Gasteiger partial charge in [0.1, 0.15) is 11.2 Å². The highest BCUT2D eigenvalue weighted by molar-refractivity contribution is 6.06. The number of nitrogens with zero attached hydrogens (tertiary/aromatic N) is 1. The zero-order chi connectivity index (χ0) is 29.8. The van der Waals surface area contributed by atoms with Crippen LogP contribution in [0.5, 0.6) is 0 Å². The molecule has 3 unspecified atom stereocenters. The second-order valence-electron chi connectivity index (χ2n) is 14.0. The molecule has 0 N–H and O–H groups in total. The highest BCUT2D eigenvalue weighted by Gasteiger charge is 2.40. The summed E-state index contributed by atoms with van der Waals surface area (Å²) < 4.78 is 6.21. The Kier molecular flexibility index (Phi) is 6.58. The number of benzene rings is 5. The minimum atomic E-state index is 0.0970. The van der Waals surface area contributed by atoms with Gasteiger partial charge in [0, 0.05) is 33.2 Å². The molecule has 3 aliphatic carbocycles. The lowest BCUT2D eigenvalue weighted by Gasteiger charge is -2.39. The van der Waals surface area contributed by atoms with Crippen molar-refractivity contribution in [3.05, 3.63) is 138 Å². The second-order valence-corrected chi connectivity index (χ2v) is 14.0. The minimum absolute atomic E-state index is 0.0970. The summed E-state index contributed by atoms with van der Waals surface area (Å²) in [7, 11) is 0. The second kappa shape index (κ2) is 10.9. The van der Waals surface area contributed by atoms with Gasteiger partial charge in [-0.3, -0.25) is 0 Å². The van der Waals surface area contributed by atoms with Crippen LogP contribution in [-0.2, 0) is 5.41 Å². The zero-order valence-corrected chi connectivity index (χ0v) is 26.0. The van der Waals surface area contributed by atoms with Crippen LogP contribution in [0, 0.1) is 11.8 Å². The molecule has 0 aliphatic heterocycles. The fourth-order valence-corrected chi connectivity index (χ4v) is 9.41. The van der Waals surface area contributed by atoms with Gasteiger partial charge >= 0.3 is 0 Å². The van der Waals surface area contributed by atoms with Crippen molar-refractivity contribution in [2.45, 2.75) is 69.1 Å². The fourth-order valence-electron chi connectivity index (χ4n) is 9.41. The molecule has 0 amide bonds. The molecule has 5 aromatic carbocycles. The molecule has 224 valence electrons. The average Bonchev–Trinajstić information content (AvgIpc) is 3.85. The molecule has 6 aromatic rings. The van der Waals surface area contributed by atoms with Crippen LogP contribution in [0.4, 0.5) is 17.1 Å². The molecule has 9 rings (SSSR count). The number of hydrogen-bond acceptors (Lipinski definition) is 2. The van der Waals surface area contributed by atoms with Crippen molar-refractivity contribution in [2.24, 2.45) is 11.8 Å². The van der Waals surface area contributed by atoms with Gasteiger partial charge in [-0.05, 0) is 115 Å². The molecule has 3 atom stereocenters. The van der Waals surface area contributed by atoms with E-state index < -0.39 is 0 Å². The summed E-state index contributed by atoms with van der Waals surface area (Å²) in [6.07, 6.45) is 12.0. The Labute approximate surface area is 266 Å². The van der Waals surface area contributed by atoms with Crippen LogP contribution < -0.4 is 4.90 Å². The monoisotopic (exact) mass is 587 g/mol. The van der Waals surface area contributed by atoms with Gasteiger partial charge in [-0.25, -0.2) is 0 Å². The maximum absolute atomic E-state index is 6.21. The molecular formula is C43H41NO. The summed E-state index contributed by atoms with van der Waals surface area (Å²) >= 11 is 0. The average molecular weight is 588 g/mol. The highest BCUT2D eigenvalue weighted by atomic mass is 16.3. The van der Waals surface area contributed by atoms with E-state index in [0.717, 1.165) is 40.0 Å². The van der Waals surface area contributed by atoms with Crippen molar-refractivity contribution in [2.75, 3.05) is 4.90 Å². The summed E-state index contributed by atoms with van der Waals surface area (Å²) in [6.45, 7) is 0. The lowest BCUT2D eigenvalue weighted by molar-refractivity contribution is 0.346. The van der Waals surface area contributed by atoms with E-state index in [9.17, 15) is 0 Å². The first-order chi connectivity index (χ1) is 22.2. The van der Waals surface area contributed by atoms with Crippen molar-refractivity contribution in [3.63, 3.8) is 0 Å². The first-order valence-electron chi connectivity index (χ1n) is 17.2.